The number of unbranched alkanes of at least 4 members (excludes halogenated alkanes) is 3. The Labute approximate surface area is 173 Å². The summed E-state index contributed by atoms with van der Waals surface area (Å²) in [6.45, 7) is 8.48. The molecule has 0 N–H and O–H groups in total. The molecule has 0 aliphatic carbocycles. The molecule has 7 nitrogen and oxygen atoms in total. The van der Waals surface area contributed by atoms with E-state index in [0.717, 1.165) is 53.9 Å². The summed E-state index contributed by atoms with van der Waals surface area (Å²) in [6, 6.07) is 0. The minimum atomic E-state index is -3.38. The van der Waals surface area contributed by atoms with Crippen LogP contribution in [0.4, 0.5) is 0 Å². The van der Waals surface area contributed by atoms with Gasteiger partial charge in [0.15, 0.2) is 5.69 Å². The highest BCUT2D eigenvalue weighted by atomic mass is 33.1. The third-order valence-electron chi connectivity index (χ3n) is 3.12. The molecule has 0 unspecified atom stereocenters. The molecule has 0 spiro atoms. The van der Waals surface area contributed by atoms with Gasteiger partial charge in [-0.1, -0.05) is 37.5 Å². The summed E-state index contributed by atoms with van der Waals surface area (Å²) in [5, 5.41) is 0.159. The van der Waals surface area contributed by atoms with Crippen LogP contribution in [-0.4, -0.2) is 30.8 Å². The maximum atomic E-state index is 12.9. The van der Waals surface area contributed by atoms with E-state index in [1.165, 1.54) is 11.3 Å². The number of nitrogens with zero attached hydrogens (tertiary/aromatic N) is 1. The third kappa shape index (κ3) is 9.19. The summed E-state index contributed by atoms with van der Waals surface area (Å²) in [4.78, 5) is 17.2. The lowest BCUT2D eigenvalue weighted by Crippen LogP contribution is -2.07. The molecule has 1 rings (SSSR count). The van der Waals surface area contributed by atoms with E-state index >= 15 is 0 Å². The molecule has 0 radical (unpaired) electrons. The van der Waals surface area contributed by atoms with Crippen LogP contribution >= 0.6 is 40.4 Å². The number of aromatic nitrogens is 1. The highest BCUT2D eigenvalue weighted by Crippen LogP contribution is 2.70. The maximum absolute atomic E-state index is 12.9. The van der Waals surface area contributed by atoms with E-state index in [4.69, 9.17) is 17.6 Å². The van der Waals surface area contributed by atoms with E-state index in [1.54, 1.807) is 20.8 Å². The average Bonchev–Trinajstić information content (AvgIpc) is 3.04. The number of ether oxygens (including phenoxy) is 1. The Balaban J connectivity index is 2.96. The smallest absolute Gasteiger partial charge is 0.413 e. The number of hydrogen-bond acceptors (Lipinski definition) is 10. The number of aryl methyl sites for hydroxylation is 1. The minimum Gasteiger partial charge on any atom is -0.461 e. The van der Waals surface area contributed by atoms with Crippen LogP contribution in [-0.2, 0) is 24.1 Å². The first kappa shape index (κ1) is 24.8. The molecule has 0 bridgehead atoms. The first-order valence-corrected chi connectivity index (χ1v) is 14.2. The van der Waals surface area contributed by atoms with Gasteiger partial charge < -0.3 is 17.6 Å². The number of carbonyl (C=O) groups excluding carboxylic acids is 1. The van der Waals surface area contributed by atoms with Crippen molar-refractivity contribution in [2.75, 3.05) is 19.8 Å². The monoisotopic (exact) mass is 457 g/mol. The van der Waals surface area contributed by atoms with Crippen molar-refractivity contribution >= 4 is 46.4 Å². The van der Waals surface area contributed by atoms with Crippen molar-refractivity contribution < 1.29 is 27.0 Å². The van der Waals surface area contributed by atoms with E-state index < -0.39 is 11.7 Å². The lowest BCUT2D eigenvalue weighted by Gasteiger charge is -2.13. The Bertz CT molecular complexity index is 601. The van der Waals surface area contributed by atoms with E-state index in [2.05, 4.69) is 11.9 Å². The zero-order valence-electron chi connectivity index (χ0n) is 16.2. The van der Waals surface area contributed by atoms with Crippen molar-refractivity contribution in [1.29, 1.82) is 0 Å². The van der Waals surface area contributed by atoms with Gasteiger partial charge in [0.25, 0.3) is 5.19 Å². The van der Waals surface area contributed by atoms with Crippen molar-refractivity contribution in [1.82, 2.24) is 4.98 Å². The predicted octanol–water partition coefficient (Wildman–Crippen LogP) is 6.30. The topological polar surface area (TPSA) is 84.0 Å². The number of carbonyl (C=O) groups is 1. The van der Waals surface area contributed by atoms with Gasteiger partial charge in [-0.3, -0.25) is 0 Å². The van der Waals surface area contributed by atoms with Crippen LogP contribution in [0, 0.1) is 0 Å². The zero-order valence-corrected chi connectivity index (χ0v) is 19.6. The molecule has 0 aliphatic rings. The lowest BCUT2D eigenvalue weighted by molar-refractivity contribution is 0.0518. The highest BCUT2D eigenvalue weighted by molar-refractivity contribution is 8.87. The Morgan fingerprint density at radius 3 is 2.26 bits per heavy atom. The number of hydrogen-bond donors (Lipinski definition) is 0. The van der Waals surface area contributed by atoms with Crippen LogP contribution in [0.3, 0.4) is 0 Å². The molecular formula is C16H28NO6PS3. The van der Waals surface area contributed by atoms with E-state index in [-0.39, 0.29) is 17.5 Å². The maximum Gasteiger partial charge on any atom is 0.413 e. The van der Waals surface area contributed by atoms with E-state index in [1.807, 2.05) is 0 Å². The Kier molecular flexibility index (Phi) is 12.7. The van der Waals surface area contributed by atoms with Gasteiger partial charge in [0.2, 0.25) is 0 Å². The molecule has 0 fully saturated rings. The van der Waals surface area contributed by atoms with Gasteiger partial charge in [0.05, 0.1) is 19.8 Å². The summed E-state index contributed by atoms with van der Waals surface area (Å²) >= 11 is 2.70. The second kappa shape index (κ2) is 13.8. The van der Waals surface area contributed by atoms with Crippen LogP contribution in [0.15, 0.2) is 0 Å². The van der Waals surface area contributed by atoms with Crippen LogP contribution < -0.4 is 4.52 Å². The molecule has 0 aliphatic heterocycles. The first-order valence-electron chi connectivity index (χ1n) is 9.08. The molecule has 1 aromatic heterocycles. The fraction of sp³-hybridized carbons (Fsp3) is 0.750. The molecular weight excluding hydrogens is 429 g/mol. The summed E-state index contributed by atoms with van der Waals surface area (Å²) < 4.78 is 34.0. The molecule has 1 heterocycles. The van der Waals surface area contributed by atoms with Crippen LogP contribution in [0.5, 0.6) is 5.19 Å². The standard InChI is InChI=1S/C16H28NO6PS3/c1-5-9-10-11-12-13-14(15(18)20-6-2)17-16(25-13)23-24(19,26-21-7-3)27-22-8-4/h5-12H2,1-4H3. The van der Waals surface area contributed by atoms with Gasteiger partial charge in [-0.15, -0.1) is 0 Å². The average molecular weight is 458 g/mol. The van der Waals surface area contributed by atoms with Crippen LogP contribution in [0.2, 0.25) is 0 Å². The van der Waals surface area contributed by atoms with Crippen molar-refractivity contribution in [3.63, 3.8) is 0 Å². The first-order chi connectivity index (χ1) is 13.0. The van der Waals surface area contributed by atoms with E-state index in [9.17, 15) is 9.36 Å². The van der Waals surface area contributed by atoms with Crippen LogP contribution in [0.25, 0.3) is 0 Å². The van der Waals surface area contributed by atoms with Gasteiger partial charge >= 0.3 is 11.7 Å². The summed E-state index contributed by atoms with van der Waals surface area (Å²) in [7, 11) is 0. The van der Waals surface area contributed by atoms with Crippen molar-refractivity contribution in [2.45, 2.75) is 59.8 Å². The van der Waals surface area contributed by atoms with Gasteiger partial charge in [-0.25, -0.2) is 9.36 Å². The second-order valence-corrected chi connectivity index (χ2v) is 12.6. The molecule has 0 saturated carbocycles. The van der Waals surface area contributed by atoms with Gasteiger partial charge in [0.1, 0.15) is 23.3 Å². The fourth-order valence-electron chi connectivity index (χ4n) is 1.98. The molecule has 0 aromatic carbocycles. The summed E-state index contributed by atoms with van der Waals surface area (Å²) in [6.07, 6.45) is 5.00. The van der Waals surface area contributed by atoms with Gasteiger partial charge in [-0.05, 0) is 33.6 Å². The Morgan fingerprint density at radius 1 is 1.04 bits per heavy atom. The molecule has 0 amide bonds. The van der Waals surface area contributed by atoms with Crippen molar-refractivity contribution in [3.05, 3.63) is 10.6 Å². The van der Waals surface area contributed by atoms with Crippen LogP contribution in [0.1, 0.15) is 68.7 Å². The van der Waals surface area contributed by atoms with Gasteiger partial charge in [-0.2, -0.15) is 4.98 Å². The summed E-state index contributed by atoms with van der Waals surface area (Å²) in [5.41, 5.74) is 0.239. The molecule has 0 atom stereocenters. The third-order valence-corrected chi connectivity index (χ3v) is 8.95. The lowest BCUT2D eigenvalue weighted by atomic mass is 10.1. The molecule has 156 valence electrons. The molecule has 1 aromatic rings. The van der Waals surface area contributed by atoms with E-state index in [0.29, 0.717) is 19.6 Å². The van der Waals surface area contributed by atoms with Gasteiger partial charge in [0, 0.05) is 4.88 Å². The quantitative estimate of drug-likeness (QED) is 0.130. The minimum absolute atomic E-state index is 0.159. The predicted molar refractivity (Wildman–Crippen MR) is 113 cm³/mol. The fourth-order valence-corrected chi connectivity index (χ4v) is 7.42. The molecule has 27 heavy (non-hydrogen) atoms. The SMILES string of the molecule is CCCCCCc1sc(OP(=O)(SOCC)SOCC)nc1C(=O)OCC. The Hall–Kier alpha value is -0.250. The van der Waals surface area contributed by atoms with Crippen molar-refractivity contribution in [3.8, 4) is 5.19 Å². The second-order valence-electron chi connectivity index (χ2n) is 5.28. The number of rotatable bonds is 15. The number of esters is 1. The summed E-state index contributed by atoms with van der Waals surface area (Å²) in [5.74, 6) is -3.87. The molecule has 0 saturated heterocycles. The zero-order chi connectivity index (χ0) is 20.1. The number of thiazole rings is 1. The van der Waals surface area contributed by atoms with Crippen molar-refractivity contribution in [2.24, 2.45) is 0 Å². The molecule has 11 heteroatoms. The Morgan fingerprint density at radius 2 is 1.70 bits per heavy atom. The normalized spacial score (nSPS) is 11.6. The highest BCUT2D eigenvalue weighted by Gasteiger charge is 2.32. The largest absolute Gasteiger partial charge is 0.461 e.